The molecular formula is C13H19NO3. The average Bonchev–Trinajstić information content (AvgIpc) is 2.36. The van der Waals surface area contributed by atoms with Crippen molar-refractivity contribution in [2.45, 2.75) is 26.4 Å². The van der Waals surface area contributed by atoms with Crippen LogP contribution in [0.4, 0.5) is 0 Å². The predicted molar refractivity (Wildman–Crippen MR) is 67.0 cm³/mol. The zero-order valence-electron chi connectivity index (χ0n) is 10.5. The van der Waals surface area contributed by atoms with Crippen molar-refractivity contribution in [1.82, 2.24) is 0 Å². The molecule has 0 heterocycles. The molecule has 1 aromatic carbocycles. The van der Waals surface area contributed by atoms with Gasteiger partial charge in [0, 0.05) is 25.7 Å². The molecule has 0 aliphatic carbocycles. The highest BCUT2D eigenvalue weighted by atomic mass is 16.5. The van der Waals surface area contributed by atoms with Crippen LogP contribution in [0, 0.1) is 0 Å². The van der Waals surface area contributed by atoms with Gasteiger partial charge in [-0.3, -0.25) is 0 Å². The topological polar surface area (TPSA) is 51.0 Å². The second-order valence-corrected chi connectivity index (χ2v) is 3.89. The fraction of sp³-hybridized carbons (Fsp3) is 0.462. The minimum atomic E-state index is 0.0580. The third kappa shape index (κ3) is 4.07. The van der Waals surface area contributed by atoms with Crippen LogP contribution in [0.3, 0.4) is 0 Å². The molecule has 1 unspecified atom stereocenters. The molecule has 0 aromatic heterocycles. The number of hydrogen-bond donors (Lipinski definition) is 1. The van der Waals surface area contributed by atoms with Gasteiger partial charge in [0.05, 0.1) is 11.8 Å². The normalized spacial score (nSPS) is 13.5. The van der Waals surface area contributed by atoms with Crippen LogP contribution in [0.25, 0.3) is 0 Å². The first-order valence-electron chi connectivity index (χ1n) is 5.62. The number of benzene rings is 1. The van der Waals surface area contributed by atoms with Crippen molar-refractivity contribution < 1.29 is 14.7 Å². The summed E-state index contributed by atoms with van der Waals surface area (Å²) in [6, 6.07) is 7.52. The van der Waals surface area contributed by atoms with Gasteiger partial charge < -0.3 is 14.7 Å². The van der Waals surface area contributed by atoms with E-state index in [-0.39, 0.29) is 6.10 Å². The molecule has 94 valence electrons. The van der Waals surface area contributed by atoms with Crippen molar-refractivity contribution >= 4 is 5.71 Å². The molecule has 0 bridgehead atoms. The van der Waals surface area contributed by atoms with E-state index in [1.54, 1.807) is 14.0 Å². The van der Waals surface area contributed by atoms with Crippen molar-refractivity contribution in [3.05, 3.63) is 29.8 Å². The molecular weight excluding hydrogens is 218 g/mol. The zero-order valence-corrected chi connectivity index (χ0v) is 10.5. The number of para-hydroxylation sites is 1. The number of ether oxygens (including phenoxy) is 2. The molecule has 1 rings (SSSR count). The number of rotatable bonds is 6. The number of nitrogens with zero attached hydrogens (tertiary/aromatic N) is 1. The Kier molecular flexibility index (Phi) is 5.49. The third-order valence-corrected chi connectivity index (χ3v) is 2.48. The van der Waals surface area contributed by atoms with Gasteiger partial charge in [0.25, 0.3) is 0 Å². The molecule has 0 amide bonds. The quantitative estimate of drug-likeness (QED) is 0.470. The molecule has 0 aliphatic heterocycles. The molecule has 0 radical (unpaired) electrons. The highest BCUT2D eigenvalue weighted by molar-refractivity contribution is 6.00. The highest BCUT2D eigenvalue weighted by Gasteiger charge is 2.10. The zero-order chi connectivity index (χ0) is 12.7. The molecule has 1 N–H and O–H groups in total. The first-order valence-corrected chi connectivity index (χ1v) is 5.62. The predicted octanol–water partition coefficient (Wildman–Crippen LogP) is 2.69. The van der Waals surface area contributed by atoms with Crippen LogP contribution in [0.15, 0.2) is 29.4 Å². The van der Waals surface area contributed by atoms with E-state index in [9.17, 15) is 0 Å². The van der Waals surface area contributed by atoms with Crippen molar-refractivity contribution in [2.24, 2.45) is 5.16 Å². The van der Waals surface area contributed by atoms with E-state index in [0.29, 0.717) is 12.3 Å². The molecule has 4 heteroatoms. The molecule has 4 nitrogen and oxygen atoms in total. The fourth-order valence-corrected chi connectivity index (χ4v) is 1.48. The van der Waals surface area contributed by atoms with Crippen molar-refractivity contribution in [3.63, 3.8) is 0 Å². The second-order valence-electron chi connectivity index (χ2n) is 3.89. The summed E-state index contributed by atoms with van der Waals surface area (Å²) in [7, 11) is 1.67. The first-order chi connectivity index (χ1) is 8.19. The van der Waals surface area contributed by atoms with Crippen LogP contribution in [-0.4, -0.2) is 30.7 Å². The standard InChI is InChI=1S/C13H19NO3/c1-10(8-9-16-3)17-13-7-5-4-6-12(13)11(2)14-15/h4-7,10,15H,8-9H2,1-3H3/b14-11+. The van der Waals surface area contributed by atoms with Crippen LogP contribution in [0.2, 0.25) is 0 Å². The lowest BCUT2D eigenvalue weighted by molar-refractivity contribution is 0.135. The first kappa shape index (κ1) is 13.5. The van der Waals surface area contributed by atoms with Gasteiger partial charge in [-0.2, -0.15) is 0 Å². The Morgan fingerprint density at radius 2 is 2.12 bits per heavy atom. The minimum absolute atomic E-state index is 0.0580. The Morgan fingerprint density at radius 3 is 2.76 bits per heavy atom. The van der Waals surface area contributed by atoms with Crippen molar-refractivity contribution in [1.29, 1.82) is 0 Å². The molecule has 0 saturated heterocycles. The van der Waals surface area contributed by atoms with Crippen LogP contribution >= 0.6 is 0 Å². The largest absolute Gasteiger partial charge is 0.490 e. The van der Waals surface area contributed by atoms with Gasteiger partial charge in [-0.25, -0.2) is 0 Å². The molecule has 0 fully saturated rings. The van der Waals surface area contributed by atoms with E-state index in [1.807, 2.05) is 31.2 Å². The molecule has 1 atom stereocenters. The van der Waals surface area contributed by atoms with Gasteiger partial charge in [-0.15, -0.1) is 0 Å². The summed E-state index contributed by atoms with van der Waals surface area (Å²) >= 11 is 0. The van der Waals surface area contributed by atoms with E-state index >= 15 is 0 Å². The van der Waals surface area contributed by atoms with E-state index in [2.05, 4.69) is 5.16 Å². The monoisotopic (exact) mass is 237 g/mol. The van der Waals surface area contributed by atoms with Crippen molar-refractivity contribution in [3.8, 4) is 5.75 Å². The molecule has 0 spiro atoms. The van der Waals surface area contributed by atoms with E-state index in [1.165, 1.54) is 0 Å². The number of hydrogen-bond acceptors (Lipinski definition) is 4. The fourth-order valence-electron chi connectivity index (χ4n) is 1.48. The van der Waals surface area contributed by atoms with Gasteiger partial charge in [0.2, 0.25) is 0 Å². The summed E-state index contributed by atoms with van der Waals surface area (Å²) in [5.41, 5.74) is 1.35. The van der Waals surface area contributed by atoms with E-state index < -0.39 is 0 Å². The summed E-state index contributed by atoms with van der Waals surface area (Å²) in [5.74, 6) is 0.728. The summed E-state index contributed by atoms with van der Waals surface area (Å²) < 4.78 is 10.8. The Labute approximate surface area is 102 Å². The maximum Gasteiger partial charge on any atom is 0.128 e. The van der Waals surface area contributed by atoms with E-state index in [0.717, 1.165) is 17.7 Å². The maximum absolute atomic E-state index is 8.80. The lowest BCUT2D eigenvalue weighted by atomic mass is 10.1. The van der Waals surface area contributed by atoms with Gasteiger partial charge >= 0.3 is 0 Å². The Morgan fingerprint density at radius 1 is 1.41 bits per heavy atom. The number of oxime groups is 1. The van der Waals surface area contributed by atoms with Crippen molar-refractivity contribution in [2.75, 3.05) is 13.7 Å². The van der Waals surface area contributed by atoms with Gasteiger partial charge in [0.1, 0.15) is 5.75 Å². The lowest BCUT2D eigenvalue weighted by Crippen LogP contribution is -2.15. The SMILES string of the molecule is COCCC(C)Oc1ccccc1/C(C)=N/O. The Balaban J connectivity index is 2.76. The minimum Gasteiger partial charge on any atom is -0.490 e. The second kappa shape index (κ2) is 6.91. The summed E-state index contributed by atoms with van der Waals surface area (Å²) in [6.45, 7) is 4.39. The van der Waals surface area contributed by atoms with Crippen LogP contribution in [0.1, 0.15) is 25.8 Å². The summed E-state index contributed by atoms with van der Waals surface area (Å²) in [4.78, 5) is 0. The molecule has 0 saturated carbocycles. The third-order valence-electron chi connectivity index (χ3n) is 2.48. The van der Waals surface area contributed by atoms with Crippen LogP contribution in [0.5, 0.6) is 5.75 Å². The summed E-state index contributed by atoms with van der Waals surface area (Å²) in [6.07, 6.45) is 0.878. The summed E-state index contributed by atoms with van der Waals surface area (Å²) in [5, 5.41) is 12.0. The molecule has 0 aliphatic rings. The van der Waals surface area contributed by atoms with Gasteiger partial charge in [-0.1, -0.05) is 17.3 Å². The molecule has 1 aromatic rings. The Bertz CT molecular complexity index is 377. The Hall–Kier alpha value is -1.55. The average molecular weight is 237 g/mol. The molecule has 17 heavy (non-hydrogen) atoms. The van der Waals surface area contributed by atoms with Crippen LogP contribution < -0.4 is 4.74 Å². The van der Waals surface area contributed by atoms with E-state index in [4.69, 9.17) is 14.7 Å². The smallest absolute Gasteiger partial charge is 0.128 e. The van der Waals surface area contributed by atoms with Gasteiger partial charge in [-0.05, 0) is 26.0 Å². The maximum atomic E-state index is 8.80. The van der Waals surface area contributed by atoms with Crippen LogP contribution in [-0.2, 0) is 4.74 Å². The lowest BCUT2D eigenvalue weighted by Gasteiger charge is -2.16. The van der Waals surface area contributed by atoms with Gasteiger partial charge in [0.15, 0.2) is 0 Å². The highest BCUT2D eigenvalue weighted by Crippen LogP contribution is 2.20. The number of methoxy groups -OCH3 is 1.